The van der Waals surface area contributed by atoms with Gasteiger partial charge in [0.1, 0.15) is 4.21 Å². The molecule has 3 rings (SSSR count). The van der Waals surface area contributed by atoms with Crippen molar-refractivity contribution in [3.63, 3.8) is 0 Å². The summed E-state index contributed by atoms with van der Waals surface area (Å²) < 4.78 is 27.1. The van der Waals surface area contributed by atoms with Gasteiger partial charge in [-0.05, 0) is 37.1 Å². The molecule has 2 aliphatic rings. The van der Waals surface area contributed by atoms with E-state index in [9.17, 15) is 13.5 Å². The smallest absolute Gasteiger partial charge is 0.252 e. The summed E-state index contributed by atoms with van der Waals surface area (Å²) in [6.07, 6.45) is 4.23. The maximum atomic E-state index is 12.5. The van der Waals surface area contributed by atoms with E-state index < -0.39 is 10.0 Å². The quantitative estimate of drug-likeness (QED) is 0.909. The molecule has 1 aromatic rings. The second kappa shape index (κ2) is 4.84. The van der Waals surface area contributed by atoms with Crippen molar-refractivity contribution in [2.45, 2.75) is 42.4 Å². The Morgan fingerprint density at radius 3 is 2.79 bits per heavy atom. The maximum absolute atomic E-state index is 12.5. The first-order valence-electron chi connectivity index (χ1n) is 6.76. The summed E-state index contributed by atoms with van der Waals surface area (Å²) in [6.45, 7) is 1.06. The largest absolute Gasteiger partial charge is 0.392 e. The molecule has 1 N–H and O–H groups in total. The molecule has 0 unspecified atom stereocenters. The van der Waals surface area contributed by atoms with Crippen LogP contribution in [0, 0.1) is 5.41 Å². The first kappa shape index (κ1) is 13.5. The fourth-order valence-electron chi connectivity index (χ4n) is 3.46. The van der Waals surface area contributed by atoms with E-state index in [-0.39, 0.29) is 11.5 Å². The molecule has 106 valence electrons. The monoisotopic (exact) mass is 301 g/mol. The third-order valence-corrected chi connectivity index (χ3v) is 7.74. The van der Waals surface area contributed by atoms with Crippen LogP contribution in [0.15, 0.2) is 21.7 Å². The molecular formula is C13H19NO3S2. The molecule has 0 bridgehead atoms. The Morgan fingerprint density at radius 1 is 1.37 bits per heavy atom. The molecule has 2 heterocycles. The zero-order valence-corrected chi connectivity index (χ0v) is 12.4. The van der Waals surface area contributed by atoms with Crippen LogP contribution in [0.25, 0.3) is 0 Å². The van der Waals surface area contributed by atoms with Gasteiger partial charge in [0.15, 0.2) is 0 Å². The zero-order valence-electron chi connectivity index (χ0n) is 10.8. The third-order valence-electron chi connectivity index (χ3n) is 4.52. The normalized spacial score (nSPS) is 33.0. The SMILES string of the molecule is O=S(=O)(c1cccs1)N1CCC[C@@]2(CCC[C@H]2O)C1. The van der Waals surface area contributed by atoms with Crippen LogP contribution in [0.2, 0.25) is 0 Å². The van der Waals surface area contributed by atoms with Crippen LogP contribution in [0.1, 0.15) is 32.1 Å². The van der Waals surface area contributed by atoms with Crippen LogP contribution in [-0.4, -0.2) is 37.0 Å². The summed E-state index contributed by atoms with van der Waals surface area (Å²) >= 11 is 1.26. The van der Waals surface area contributed by atoms with Gasteiger partial charge in [-0.15, -0.1) is 11.3 Å². The molecule has 1 aliphatic heterocycles. The van der Waals surface area contributed by atoms with Crippen molar-refractivity contribution in [3.8, 4) is 0 Å². The third kappa shape index (κ3) is 2.24. The van der Waals surface area contributed by atoms with E-state index in [4.69, 9.17) is 0 Å². The minimum atomic E-state index is -3.36. The topological polar surface area (TPSA) is 57.6 Å². The van der Waals surface area contributed by atoms with Gasteiger partial charge in [0.05, 0.1) is 6.10 Å². The highest BCUT2D eigenvalue weighted by atomic mass is 32.2. The first-order chi connectivity index (χ1) is 9.05. The van der Waals surface area contributed by atoms with Crippen molar-refractivity contribution in [2.75, 3.05) is 13.1 Å². The summed E-state index contributed by atoms with van der Waals surface area (Å²) in [7, 11) is -3.36. The van der Waals surface area contributed by atoms with Gasteiger partial charge < -0.3 is 5.11 Å². The Balaban J connectivity index is 1.86. The number of thiophene rings is 1. The summed E-state index contributed by atoms with van der Waals surface area (Å²) in [5, 5.41) is 12.0. The molecule has 6 heteroatoms. The molecule has 2 fully saturated rings. The number of piperidine rings is 1. The second-order valence-electron chi connectivity index (χ2n) is 5.64. The van der Waals surface area contributed by atoms with E-state index in [1.807, 2.05) is 0 Å². The van der Waals surface area contributed by atoms with Crippen LogP contribution in [-0.2, 0) is 10.0 Å². The van der Waals surface area contributed by atoms with Gasteiger partial charge in [-0.25, -0.2) is 8.42 Å². The number of nitrogens with zero attached hydrogens (tertiary/aromatic N) is 1. The van der Waals surface area contributed by atoms with E-state index in [2.05, 4.69) is 0 Å². The molecule has 0 amide bonds. The molecule has 1 aliphatic carbocycles. The molecule has 1 saturated carbocycles. The lowest BCUT2D eigenvalue weighted by Crippen LogP contribution is -2.49. The van der Waals surface area contributed by atoms with Gasteiger partial charge >= 0.3 is 0 Å². The Morgan fingerprint density at radius 2 is 2.16 bits per heavy atom. The molecule has 0 radical (unpaired) electrons. The van der Waals surface area contributed by atoms with E-state index in [0.29, 0.717) is 17.3 Å². The summed E-state index contributed by atoms with van der Waals surface area (Å²) in [5.74, 6) is 0. The lowest BCUT2D eigenvalue weighted by atomic mass is 9.77. The minimum absolute atomic E-state index is 0.192. The molecule has 19 heavy (non-hydrogen) atoms. The molecule has 0 aromatic carbocycles. The molecule has 1 aromatic heterocycles. The number of aliphatic hydroxyl groups is 1. The van der Waals surface area contributed by atoms with Crippen LogP contribution in [0.5, 0.6) is 0 Å². The van der Waals surface area contributed by atoms with Gasteiger partial charge in [0, 0.05) is 18.5 Å². The van der Waals surface area contributed by atoms with Gasteiger partial charge in [0.25, 0.3) is 10.0 Å². The highest BCUT2D eigenvalue weighted by Crippen LogP contribution is 2.46. The number of sulfonamides is 1. The molecule has 1 saturated heterocycles. The number of aliphatic hydroxyl groups excluding tert-OH is 1. The van der Waals surface area contributed by atoms with Crippen LogP contribution in [0.3, 0.4) is 0 Å². The van der Waals surface area contributed by atoms with Crippen molar-refractivity contribution in [1.29, 1.82) is 0 Å². The van der Waals surface area contributed by atoms with E-state index in [1.54, 1.807) is 21.8 Å². The molecule has 1 spiro atoms. The van der Waals surface area contributed by atoms with E-state index >= 15 is 0 Å². The van der Waals surface area contributed by atoms with Gasteiger partial charge in [-0.2, -0.15) is 4.31 Å². The van der Waals surface area contributed by atoms with E-state index in [0.717, 1.165) is 32.1 Å². The lowest BCUT2D eigenvalue weighted by molar-refractivity contribution is 0.0127. The number of hydrogen-bond donors (Lipinski definition) is 1. The summed E-state index contributed by atoms with van der Waals surface area (Å²) in [5.41, 5.74) is -0.192. The Hall–Kier alpha value is -0.430. The molecule has 4 nitrogen and oxygen atoms in total. The summed E-state index contributed by atoms with van der Waals surface area (Å²) in [6, 6.07) is 3.42. The lowest BCUT2D eigenvalue weighted by Gasteiger charge is -2.41. The van der Waals surface area contributed by atoms with Crippen LogP contribution < -0.4 is 0 Å². The van der Waals surface area contributed by atoms with Crippen LogP contribution >= 0.6 is 11.3 Å². The fourth-order valence-corrected chi connectivity index (χ4v) is 6.18. The Kier molecular flexibility index (Phi) is 3.45. The zero-order chi connectivity index (χ0) is 13.5. The van der Waals surface area contributed by atoms with Crippen molar-refractivity contribution in [2.24, 2.45) is 5.41 Å². The van der Waals surface area contributed by atoms with Crippen molar-refractivity contribution >= 4 is 21.4 Å². The van der Waals surface area contributed by atoms with E-state index in [1.165, 1.54) is 11.3 Å². The maximum Gasteiger partial charge on any atom is 0.252 e. The Labute approximate surface area is 118 Å². The highest BCUT2D eigenvalue weighted by molar-refractivity contribution is 7.91. The number of rotatable bonds is 2. The standard InChI is InChI=1S/C13H19NO3S2/c15-11-4-1-6-13(11)7-3-8-14(10-13)19(16,17)12-5-2-9-18-12/h2,5,9,11,15H,1,3-4,6-8,10H2/t11-,13+/m1/s1. The van der Waals surface area contributed by atoms with Gasteiger partial charge in [-0.1, -0.05) is 12.5 Å². The Bertz CT molecular complexity index is 540. The molecular weight excluding hydrogens is 282 g/mol. The number of hydrogen-bond acceptors (Lipinski definition) is 4. The highest BCUT2D eigenvalue weighted by Gasteiger charge is 2.47. The summed E-state index contributed by atoms with van der Waals surface area (Å²) in [4.78, 5) is 0. The van der Waals surface area contributed by atoms with Crippen molar-refractivity contribution < 1.29 is 13.5 Å². The predicted octanol–water partition coefficient (Wildman–Crippen LogP) is 2.06. The first-order valence-corrected chi connectivity index (χ1v) is 9.08. The second-order valence-corrected chi connectivity index (χ2v) is 8.76. The van der Waals surface area contributed by atoms with Gasteiger partial charge in [-0.3, -0.25) is 0 Å². The average molecular weight is 301 g/mol. The van der Waals surface area contributed by atoms with Crippen molar-refractivity contribution in [1.82, 2.24) is 4.31 Å². The minimum Gasteiger partial charge on any atom is -0.392 e. The van der Waals surface area contributed by atoms with Crippen molar-refractivity contribution in [3.05, 3.63) is 17.5 Å². The fraction of sp³-hybridized carbons (Fsp3) is 0.692. The predicted molar refractivity (Wildman–Crippen MR) is 74.6 cm³/mol. The van der Waals surface area contributed by atoms with Gasteiger partial charge in [0.2, 0.25) is 0 Å². The molecule has 2 atom stereocenters. The average Bonchev–Trinajstić information content (AvgIpc) is 3.02. The van der Waals surface area contributed by atoms with Crippen LogP contribution in [0.4, 0.5) is 0 Å².